The van der Waals surface area contributed by atoms with Crippen molar-refractivity contribution >= 4 is 5.91 Å². The summed E-state index contributed by atoms with van der Waals surface area (Å²) in [5.74, 6) is -4.38. The monoisotopic (exact) mass is 325 g/mol. The van der Waals surface area contributed by atoms with Crippen LogP contribution < -0.4 is 14.8 Å². The maximum absolute atomic E-state index is 13.6. The summed E-state index contributed by atoms with van der Waals surface area (Å²) in [4.78, 5) is 11.9. The van der Waals surface area contributed by atoms with Gasteiger partial charge in [0.1, 0.15) is 11.5 Å². The predicted molar refractivity (Wildman–Crippen MR) is 77.0 cm³/mol. The van der Waals surface area contributed by atoms with Crippen molar-refractivity contribution in [2.75, 3.05) is 14.2 Å². The summed E-state index contributed by atoms with van der Waals surface area (Å²) in [5.41, 5.74) is 0.0426. The Labute approximate surface area is 130 Å². The van der Waals surface area contributed by atoms with Gasteiger partial charge >= 0.3 is 0 Å². The van der Waals surface area contributed by atoms with Crippen LogP contribution in [0, 0.1) is 17.5 Å². The molecule has 0 heterocycles. The van der Waals surface area contributed by atoms with Crippen LogP contribution in [0.15, 0.2) is 30.3 Å². The molecule has 0 aliphatic carbocycles. The van der Waals surface area contributed by atoms with Crippen molar-refractivity contribution in [3.05, 3.63) is 58.9 Å². The van der Waals surface area contributed by atoms with E-state index in [9.17, 15) is 18.0 Å². The molecule has 0 bridgehead atoms. The summed E-state index contributed by atoms with van der Waals surface area (Å²) < 4.78 is 49.8. The van der Waals surface area contributed by atoms with Gasteiger partial charge in [-0.25, -0.2) is 13.2 Å². The highest BCUT2D eigenvalue weighted by Crippen LogP contribution is 2.24. The van der Waals surface area contributed by atoms with Crippen molar-refractivity contribution in [3.63, 3.8) is 0 Å². The lowest BCUT2D eigenvalue weighted by atomic mass is 10.1. The number of halogens is 3. The van der Waals surface area contributed by atoms with Crippen LogP contribution in [-0.2, 0) is 6.54 Å². The van der Waals surface area contributed by atoms with E-state index in [2.05, 4.69) is 5.32 Å². The van der Waals surface area contributed by atoms with Gasteiger partial charge in [0.05, 0.1) is 19.8 Å². The number of methoxy groups -OCH3 is 2. The van der Waals surface area contributed by atoms with Crippen molar-refractivity contribution in [3.8, 4) is 11.5 Å². The van der Waals surface area contributed by atoms with Gasteiger partial charge in [0.2, 0.25) is 0 Å². The zero-order valence-electron chi connectivity index (χ0n) is 12.5. The molecule has 0 aliphatic heterocycles. The average Bonchev–Trinajstić information content (AvgIpc) is 2.57. The third-order valence-corrected chi connectivity index (χ3v) is 3.21. The Kier molecular flexibility index (Phi) is 5.10. The Hall–Kier alpha value is -2.70. The minimum absolute atomic E-state index is 0.0183. The lowest BCUT2D eigenvalue weighted by Crippen LogP contribution is -2.24. The first-order chi connectivity index (χ1) is 11.0. The topological polar surface area (TPSA) is 47.6 Å². The molecule has 1 N–H and O–H groups in total. The quantitative estimate of drug-likeness (QED) is 0.860. The second-order valence-electron chi connectivity index (χ2n) is 4.58. The van der Waals surface area contributed by atoms with E-state index in [4.69, 9.17) is 9.47 Å². The number of hydrogen-bond acceptors (Lipinski definition) is 3. The highest BCUT2D eigenvalue weighted by molar-refractivity contribution is 5.94. The van der Waals surface area contributed by atoms with Crippen LogP contribution in [0.1, 0.15) is 15.9 Å². The number of benzene rings is 2. The first-order valence-corrected chi connectivity index (χ1v) is 6.60. The van der Waals surface area contributed by atoms with Crippen LogP contribution in [0.3, 0.4) is 0 Å². The predicted octanol–water partition coefficient (Wildman–Crippen LogP) is 3.05. The minimum atomic E-state index is -1.68. The maximum atomic E-state index is 13.6. The first kappa shape index (κ1) is 16.7. The summed E-state index contributed by atoms with van der Waals surface area (Å²) >= 11 is 0. The fraction of sp³-hybridized carbons (Fsp3) is 0.188. The van der Waals surface area contributed by atoms with E-state index in [0.717, 1.165) is 6.07 Å². The number of rotatable bonds is 5. The van der Waals surface area contributed by atoms with E-state index in [1.807, 2.05) is 0 Å². The molecule has 0 radical (unpaired) electrons. The SMILES string of the molecule is COc1ccc(CNC(=O)c2ccc(F)c(F)c2F)c(OC)c1. The number of carbonyl (C=O) groups is 1. The van der Waals surface area contributed by atoms with Crippen LogP contribution in [0.5, 0.6) is 11.5 Å². The largest absolute Gasteiger partial charge is 0.497 e. The van der Waals surface area contributed by atoms with Crippen LogP contribution in [-0.4, -0.2) is 20.1 Å². The van der Waals surface area contributed by atoms with Crippen LogP contribution in [0.4, 0.5) is 13.2 Å². The second kappa shape index (κ2) is 7.04. The van der Waals surface area contributed by atoms with Gasteiger partial charge in [0.25, 0.3) is 5.91 Å². The molecule has 4 nitrogen and oxygen atoms in total. The molecule has 0 saturated carbocycles. The van der Waals surface area contributed by atoms with Gasteiger partial charge < -0.3 is 14.8 Å². The highest BCUT2D eigenvalue weighted by Gasteiger charge is 2.19. The summed E-state index contributed by atoms with van der Waals surface area (Å²) in [6.07, 6.45) is 0. The lowest BCUT2D eigenvalue weighted by molar-refractivity contribution is 0.0945. The minimum Gasteiger partial charge on any atom is -0.497 e. The number of hydrogen-bond donors (Lipinski definition) is 1. The molecular formula is C16H14F3NO3. The fourth-order valence-corrected chi connectivity index (χ4v) is 1.97. The second-order valence-corrected chi connectivity index (χ2v) is 4.58. The smallest absolute Gasteiger partial charge is 0.254 e. The molecule has 122 valence electrons. The molecule has 0 unspecified atom stereocenters. The van der Waals surface area contributed by atoms with E-state index in [1.165, 1.54) is 14.2 Å². The van der Waals surface area contributed by atoms with Crippen LogP contribution in [0.2, 0.25) is 0 Å². The molecule has 0 aromatic heterocycles. The van der Waals surface area contributed by atoms with Crippen LogP contribution >= 0.6 is 0 Å². The maximum Gasteiger partial charge on any atom is 0.254 e. The Morgan fingerprint density at radius 1 is 1.04 bits per heavy atom. The molecule has 23 heavy (non-hydrogen) atoms. The normalized spacial score (nSPS) is 10.3. The highest BCUT2D eigenvalue weighted by atomic mass is 19.2. The van der Waals surface area contributed by atoms with Crippen molar-refractivity contribution in [2.45, 2.75) is 6.54 Å². The van der Waals surface area contributed by atoms with Gasteiger partial charge in [-0.2, -0.15) is 0 Å². The summed E-state index contributed by atoms with van der Waals surface area (Å²) in [6, 6.07) is 6.54. The van der Waals surface area contributed by atoms with Gasteiger partial charge in [0.15, 0.2) is 17.5 Å². The Morgan fingerprint density at radius 2 is 1.78 bits per heavy atom. The van der Waals surface area contributed by atoms with Gasteiger partial charge in [-0.1, -0.05) is 0 Å². The molecule has 0 atom stereocenters. The standard InChI is InChI=1S/C16H14F3NO3/c1-22-10-4-3-9(13(7-10)23-2)8-20-16(21)11-5-6-12(17)15(19)14(11)18/h3-7H,8H2,1-2H3,(H,20,21). The molecule has 1 amide bonds. The van der Waals surface area contributed by atoms with Crippen molar-refractivity contribution in [2.24, 2.45) is 0 Å². The molecular weight excluding hydrogens is 311 g/mol. The van der Waals surface area contributed by atoms with Crippen molar-refractivity contribution < 1.29 is 27.4 Å². The van der Waals surface area contributed by atoms with E-state index < -0.39 is 28.9 Å². The van der Waals surface area contributed by atoms with Crippen LogP contribution in [0.25, 0.3) is 0 Å². The van der Waals surface area contributed by atoms with Gasteiger partial charge in [-0.3, -0.25) is 4.79 Å². The number of nitrogens with one attached hydrogen (secondary N) is 1. The molecule has 2 aromatic rings. The van der Waals surface area contributed by atoms with E-state index >= 15 is 0 Å². The summed E-state index contributed by atoms with van der Waals surface area (Å²) in [5, 5.41) is 2.43. The van der Waals surface area contributed by atoms with Gasteiger partial charge in [0, 0.05) is 18.2 Å². The molecule has 2 rings (SSSR count). The van der Waals surface area contributed by atoms with Gasteiger partial charge in [-0.15, -0.1) is 0 Å². The van der Waals surface area contributed by atoms with Crippen molar-refractivity contribution in [1.29, 1.82) is 0 Å². The Balaban J connectivity index is 2.15. The zero-order chi connectivity index (χ0) is 17.0. The number of amides is 1. The summed E-state index contributed by atoms with van der Waals surface area (Å²) in [6.45, 7) is 0.0183. The lowest BCUT2D eigenvalue weighted by Gasteiger charge is -2.12. The molecule has 2 aromatic carbocycles. The zero-order valence-corrected chi connectivity index (χ0v) is 12.5. The molecule has 0 saturated heterocycles. The number of ether oxygens (including phenoxy) is 2. The van der Waals surface area contributed by atoms with Gasteiger partial charge in [-0.05, 0) is 24.3 Å². The number of carbonyl (C=O) groups excluding carboxylic acids is 1. The Bertz CT molecular complexity index is 735. The third kappa shape index (κ3) is 3.56. The Morgan fingerprint density at radius 3 is 2.43 bits per heavy atom. The molecule has 7 heteroatoms. The molecule has 0 spiro atoms. The average molecular weight is 325 g/mol. The third-order valence-electron chi connectivity index (χ3n) is 3.21. The van der Waals surface area contributed by atoms with E-state index in [1.54, 1.807) is 18.2 Å². The molecule has 0 aliphatic rings. The van der Waals surface area contributed by atoms with Crippen molar-refractivity contribution in [1.82, 2.24) is 5.32 Å². The van der Waals surface area contributed by atoms with E-state index in [0.29, 0.717) is 23.1 Å². The fourth-order valence-electron chi connectivity index (χ4n) is 1.97. The summed E-state index contributed by atoms with van der Waals surface area (Å²) in [7, 11) is 2.96. The first-order valence-electron chi connectivity index (χ1n) is 6.60. The molecule has 0 fully saturated rings. The van der Waals surface area contributed by atoms with E-state index in [-0.39, 0.29) is 6.54 Å².